The van der Waals surface area contributed by atoms with E-state index in [4.69, 9.17) is 19.4 Å². The van der Waals surface area contributed by atoms with E-state index >= 15 is 0 Å². The number of hydrogen-bond acceptors (Lipinski definition) is 4. The van der Waals surface area contributed by atoms with Gasteiger partial charge in [-0.3, -0.25) is 0 Å². The van der Waals surface area contributed by atoms with Gasteiger partial charge in [0.2, 0.25) is 0 Å². The van der Waals surface area contributed by atoms with Gasteiger partial charge in [0.25, 0.3) is 0 Å². The highest BCUT2D eigenvalue weighted by atomic mass is 16.3. The van der Waals surface area contributed by atoms with Crippen LogP contribution in [0.1, 0.15) is 0 Å². The Morgan fingerprint density at radius 1 is 0.333 bits per heavy atom. The maximum absolute atomic E-state index is 6.35. The van der Waals surface area contributed by atoms with Crippen LogP contribution in [0, 0.1) is 0 Å². The molecule has 0 radical (unpaired) electrons. The molecule has 4 heteroatoms. The highest BCUT2D eigenvalue weighted by Gasteiger charge is 2.19. The smallest absolute Gasteiger partial charge is 0.160 e. The molecule has 238 valence electrons. The lowest BCUT2D eigenvalue weighted by Crippen LogP contribution is -1.97. The standard InChI is InChI=1S/C47H29N3O/c1-4-12-30(13-5-1)31-20-22-33(23-21-31)40-29-39(32-14-6-2-7-15-32)49-47(50-40)35-24-25-36-41(28-35)48-46(34-16-8-3-9-17-34)38-26-27-43-45(44(36)38)37-18-10-11-19-42(37)51-43/h1-29H. The number of benzene rings is 7. The molecule has 0 unspecified atom stereocenters. The van der Waals surface area contributed by atoms with Crippen LogP contribution in [0.25, 0.3) is 99.9 Å². The fourth-order valence-corrected chi connectivity index (χ4v) is 7.21. The zero-order valence-corrected chi connectivity index (χ0v) is 27.5. The quantitative estimate of drug-likeness (QED) is 0.174. The molecular weight excluding hydrogens is 623 g/mol. The van der Waals surface area contributed by atoms with Crippen molar-refractivity contribution in [3.8, 4) is 56.3 Å². The molecule has 3 aromatic heterocycles. The average molecular weight is 652 g/mol. The Labute approximate surface area is 294 Å². The maximum Gasteiger partial charge on any atom is 0.160 e. The van der Waals surface area contributed by atoms with Gasteiger partial charge in [-0.15, -0.1) is 0 Å². The van der Waals surface area contributed by atoms with Crippen molar-refractivity contribution in [2.24, 2.45) is 0 Å². The lowest BCUT2D eigenvalue weighted by atomic mass is 9.95. The van der Waals surface area contributed by atoms with Crippen molar-refractivity contribution in [3.05, 3.63) is 176 Å². The topological polar surface area (TPSA) is 51.8 Å². The van der Waals surface area contributed by atoms with Gasteiger partial charge in [0, 0.05) is 49.2 Å². The van der Waals surface area contributed by atoms with Crippen molar-refractivity contribution in [2.45, 2.75) is 0 Å². The lowest BCUT2D eigenvalue weighted by Gasteiger charge is -2.13. The number of pyridine rings is 1. The van der Waals surface area contributed by atoms with Gasteiger partial charge in [-0.05, 0) is 41.5 Å². The summed E-state index contributed by atoms with van der Waals surface area (Å²) in [6.07, 6.45) is 0. The molecule has 0 aliphatic heterocycles. The van der Waals surface area contributed by atoms with Crippen LogP contribution in [0.3, 0.4) is 0 Å². The molecule has 0 saturated heterocycles. The zero-order chi connectivity index (χ0) is 33.7. The molecule has 0 N–H and O–H groups in total. The fraction of sp³-hybridized carbons (Fsp3) is 0. The minimum Gasteiger partial charge on any atom is -0.456 e. The number of furan rings is 1. The van der Waals surface area contributed by atoms with Gasteiger partial charge in [-0.1, -0.05) is 146 Å². The maximum atomic E-state index is 6.35. The zero-order valence-electron chi connectivity index (χ0n) is 27.5. The highest BCUT2D eigenvalue weighted by molar-refractivity contribution is 6.28. The summed E-state index contributed by atoms with van der Waals surface area (Å²) in [6.45, 7) is 0. The molecule has 3 heterocycles. The number of fused-ring (bicyclic) bond motifs is 7. The molecule has 0 spiro atoms. The molecule has 0 aliphatic carbocycles. The summed E-state index contributed by atoms with van der Waals surface area (Å²) in [5.74, 6) is 0.649. The first-order valence-corrected chi connectivity index (χ1v) is 17.1. The van der Waals surface area contributed by atoms with E-state index in [2.05, 4.69) is 133 Å². The number of nitrogens with zero attached hydrogens (tertiary/aromatic N) is 3. The minimum absolute atomic E-state index is 0.649. The van der Waals surface area contributed by atoms with E-state index in [1.54, 1.807) is 0 Å². The van der Waals surface area contributed by atoms with E-state index in [1.807, 2.05) is 42.5 Å². The van der Waals surface area contributed by atoms with Gasteiger partial charge in [0.15, 0.2) is 5.82 Å². The van der Waals surface area contributed by atoms with Gasteiger partial charge in [0.1, 0.15) is 11.2 Å². The third kappa shape index (κ3) is 5.04. The molecule has 0 fully saturated rings. The number of aromatic nitrogens is 3. The predicted octanol–water partition coefficient (Wildman–Crippen LogP) is 12.4. The van der Waals surface area contributed by atoms with Crippen molar-refractivity contribution >= 4 is 43.6 Å². The second-order valence-electron chi connectivity index (χ2n) is 12.8. The van der Waals surface area contributed by atoms with Crippen LogP contribution in [-0.4, -0.2) is 15.0 Å². The predicted molar refractivity (Wildman–Crippen MR) is 209 cm³/mol. The van der Waals surface area contributed by atoms with Crippen molar-refractivity contribution in [2.75, 3.05) is 0 Å². The molecule has 0 atom stereocenters. The largest absolute Gasteiger partial charge is 0.456 e. The second-order valence-corrected chi connectivity index (χ2v) is 12.8. The van der Waals surface area contributed by atoms with Crippen LogP contribution in [0.2, 0.25) is 0 Å². The van der Waals surface area contributed by atoms with E-state index < -0.39 is 0 Å². The van der Waals surface area contributed by atoms with Crippen LogP contribution in [0.15, 0.2) is 180 Å². The third-order valence-electron chi connectivity index (χ3n) is 9.69. The van der Waals surface area contributed by atoms with E-state index in [9.17, 15) is 0 Å². The van der Waals surface area contributed by atoms with E-state index in [1.165, 1.54) is 11.1 Å². The van der Waals surface area contributed by atoms with Crippen molar-refractivity contribution < 1.29 is 4.42 Å². The summed E-state index contributed by atoms with van der Waals surface area (Å²) in [5.41, 5.74) is 11.6. The molecule has 10 rings (SSSR count). The van der Waals surface area contributed by atoms with Crippen LogP contribution < -0.4 is 0 Å². The third-order valence-corrected chi connectivity index (χ3v) is 9.69. The first-order valence-electron chi connectivity index (χ1n) is 17.1. The van der Waals surface area contributed by atoms with Gasteiger partial charge in [-0.25, -0.2) is 15.0 Å². The van der Waals surface area contributed by atoms with E-state index in [0.717, 1.165) is 82.9 Å². The summed E-state index contributed by atoms with van der Waals surface area (Å²) >= 11 is 0. The summed E-state index contributed by atoms with van der Waals surface area (Å²) in [7, 11) is 0. The summed E-state index contributed by atoms with van der Waals surface area (Å²) in [6, 6.07) is 60.7. The number of rotatable bonds is 5. The van der Waals surface area contributed by atoms with Gasteiger partial charge in [-0.2, -0.15) is 0 Å². The van der Waals surface area contributed by atoms with Crippen LogP contribution in [-0.2, 0) is 0 Å². The van der Waals surface area contributed by atoms with Crippen LogP contribution >= 0.6 is 0 Å². The molecule has 0 aliphatic rings. The highest BCUT2D eigenvalue weighted by Crippen LogP contribution is 2.42. The molecule has 10 aromatic rings. The SMILES string of the molecule is c1ccc(-c2ccc(-c3cc(-c4ccccc4)nc(-c4ccc5c(c4)nc(-c4ccccc4)c4ccc6oc7ccccc7c6c45)n3)cc2)cc1. The Balaban J connectivity index is 1.20. The fourth-order valence-electron chi connectivity index (χ4n) is 7.21. The Hall–Kier alpha value is -6.91. The van der Waals surface area contributed by atoms with Gasteiger partial charge in [0.05, 0.1) is 22.6 Å². The van der Waals surface area contributed by atoms with Gasteiger partial charge < -0.3 is 4.42 Å². The molecule has 0 amide bonds. The van der Waals surface area contributed by atoms with Crippen LogP contribution in [0.5, 0.6) is 0 Å². The molecule has 4 nitrogen and oxygen atoms in total. The van der Waals surface area contributed by atoms with Gasteiger partial charge >= 0.3 is 0 Å². The van der Waals surface area contributed by atoms with Crippen molar-refractivity contribution in [1.82, 2.24) is 15.0 Å². The monoisotopic (exact) mass is 651 g/mol. The Morgan fingerprint density at radius 2 is 0.882 bits per heavy atom. The molecule has 7 aromatic carbocycles. The first kappa shape index (κ1) is 29.0. The van der Waals surface area contributed by atoms with E-state index in [-0.39, 0.29) is 0 Å². The summed E-state index contributed by atoms with van der Waals surface area (Å²) in [4.78, 5) is 15.7. The molecule has 51 heavy (non-hydrogen) atoms. The van der Waals surface area contributed by atoms with Crippen LogP contribution in [0.4, 0.5) is 0 Å². The lowest BCUT2D eigenvalue weighted by molar-refractivity contribution is 0.669. The summed E-state index contributed by atoms with van der Waals surface area (Å²) < 4.78 is 6.35. The summed E-state index contributed by atoms with van der Waals surface area (Å²) in [5, 5.41) is 5.47. The second kappa shape index (κ2) is 11.9. The Morgan fingerprint density at radius 3 is 1.61 bits per heavy atom. The number of para-hydroxylation sites is 1. The molecular formula is C47H29N3O. The molecule has 0 saturated carbocycles. The van der Waals surface area contributed by atoms with E-state index in [0.29, 0.717) is 5.82 Å². The Bertz CT molecular complexity index is 2880. The normalized spacial score (nSPS) is 11.5. The number of hydrogen-bond donors (Lipinski definition) is 0. The average Bonchev–Trinajstić information content (AvgIpc) is 3.60. The first-order chi connectivity index (χ1) is 25.3. The van der Waals surface area contributed by atoms with Crippen molar-refractivity contribution in [1.29, 1.82) is 0 Å². The Kier molecular flexibility index (Phi) is 6.78. The minimum atomic E-state index is 0.649. The van der Waals surface area contributed by atoms with Crippen molar-refractivity contribution in [3.63, 3.8) is 0 Å². The molecule has 0 bridgehead atoms.